The topological polar surface area (TPSA) is 69.1 Å². The number of amides is 1. The van der Waals surface area contributed by atoms with E-state index in [0.717, 1.165) is 41.0 Å². The van der Waals surface area contributed by atoms with E-state index >= 15 is 0 Å². The highest BCUT2D eigenvalue weighted by Gasteiger charge is 2.42. The molecule has 6 heteroatoms. The number of nitrogens with zero attached hydrogens (tertiary/aromatic N) is 4. The molecule has 2 aromatic carbocycles. The maximum atomic E-state index is 12.1. The molecule has 3 aliphatic rings. The average Bonchev–Trinajstić information content (AvgIpc) is 3.58. The minimum atomic E-state index is -0.553. The molecular weight excluding hydrogens is 524 g/mol. The van der Waals surface area contributed by atoms with Gasteiger partial charge in [0.25, 0.3) is 0 Å². The number of allylic oxidation sites excluding steroid dienone is 5. The molecule has 210 valence electrons. The molecule has 0 bridgehead atoms. The number of carbonyl (C=O) groups excluding carboxylic acids is 1. The Morgan fingerprint density at radius 3 is 2.51 bits per heavy atom. The zero-order valence-electron chi connectivity index (χ0n) is 24.1. The molecule has 1 amide bonds. The lowest BCUT2D eigenvalue weighted by Gasteiger charge is -2.39. The fraction of sp³-hybridized carbons (Fsp3) is 0.371. The van der Waals surface area contributed by atoms with Crippen molar-refractivity contribution in [1.29, 1.82) is 0 Å². The molecule has 5 rings (SSSR count). The van der Waals surface area contributed by atoms with Crippen molar-refractivity contribution in [1.82, 2.24) is 0 Å². The molecule has 0 saturated heterocycles. The minimum Gasteiger partial charge on any atom is -0.337 e. The second-order valence-electron chi connectivity index (χ2n) is 11.6. The summed E-state index contributed by atoms with van der Waals surface area (Å²) in [7, 11) is 0. The number of thiocarbonyl (C=S) groups is 1. The molecule has 41 heavy (non-hydrogen) atoms. The first-order valence-electron chi connectivity index (χ1n) is 14.7. The lowest BCUT2D eigenvalue weighted by molar-refractivity contribution is 0.100. The predicted octanol–water partition coefficient (Wildman–Crippen LogP) is 10.3. The lowest BCUT2D eigenvalue weighted by atomic mass is 9.65. The van der Waals surface area contributed by atoms with Crippen LogP contribution in [0, 0.1) is 12.3 Å². The van der Waals surface area contributed by atoms with Crippen LogP contribution in [0.3, 0.4) is 0 Å². The van der Waals surface area contributed by atoms with Gasteiger partial charge < -0.3 is 4.90 Å². The van der Waals surface area contributed by atoms with Gasteiger partial charge in [-0.05, 0) is 114 Å². The van der Waals surface area contributed by atoms with Crippen LogP contribution >= 0.6 is 12.2 Å². The third-order valence-corrected chi connectivity index (χ3v) is 9.94. The summed E-state index contributed by atoms with van der Waals surface area (Å²) < 4.78 is 0. The molecule has 1 heterocycles. The molecule has 2 aromatic rings. The van der Waals surface area contributed by atoms with Gasteiger partial charge in [-0.2, -0.15) is 0 Å². The van der Waals surface area contributed by atoms with Crippen molar-refractivity contribution >= 4 is 40.4 Å². The Labute approximate surface area is 249 Å². The Balaban J connectivity index is 1.47. The number of hydrogen-bond acceptors (Lipinski definition) is 3. The van der Waals surface area contributed by atoms with Crippen LogP contribution in [-0.4, -0.2) is 16.8 Å². The number of hydrogen-bond donors (Lipinski definition) is 0. The molecule has 2 fully saturated rings. The summed E-state index contributed by atoms with van der Waals surface area (Å²) in [6.45, 7) is 12.3. The van der Waals surface area contributed by atoms with Gasteiger partial charge in [0.1, 0.15) is 0 Å². The molecule has 0 spiro atoms. The van der Waals surface area contributed by atoms with Crippen molar-refractivity contribution in [3.63, 3.8) is 0 Å². The molecule has 0 radical (unpaired) electrons. The molecule has 0 N–H and O–H groups in total. The van der Waals surface area contributed by atoms with Crippen LogP contribution in [0.5, 0.6) is 0 Å². The number of rotatable bonds is 8. The summed E-state index contributed by atoms with van der Waals surface area (Å²) >= 11 is 6.15. The third-order valence-electron chi connectivity index (χ3n) is 9.42. The quantitative estimate of drug-likeness (QED) is 0.0802. The molecule has 5 nitrogen and oxygen atoms in total. The highest BCUT2D eigenvalue weighted by Crippen LogP contribution is 2.53. The van der Waals surface area contributed by atoms with E-state index in [2.05, 4.69) is 65.4 Å². The van der Waals surface area contributed by atoms with E-state index in [0.29, 0.717) is 17.5 Å². The van der Waals surface area contributed by atoms with Crippen LogP contribution in [0.2, 0.25) is 0 Å². The van der Waals surface area contributed by atoms with Crippen LogP contribution in [0.15, 0.2) is 84.0 Å². The first-order chi connectivity index (χ1) is 19.8. The molecule has 2 atom stereocenters. The number of fused-ring (bicyclic) bond motifs is 3. The Kier molecular flexibility index (Phi) is 8.44. The van der Waals surface area contributed by atoms with Gasteiger partial charge in [0, 0.05) is 44.1 Å². The Morgan fingerprint density at radius 2 is 1.83 bits per heavy atom. The summed E-state index contributed by atoms with van der Waals surface area (Å²) in [5.74, 6) is -0.0770. The van der Waals surface area contributed by atoms with E-state index in [-0.39, 0.29) is 5.41 Å². The maximum Gasteiger partial charge on any atom is 0.249 e. The normalized spacial score (nSPS) is 21.5. The number of anilines is 2. The van der Waals surface area contributed by atoms with Gasteiger partial charge in [0.2, 0.25) is 5.91 Å². The van der Waals surface area contributed by atoms with E-state index in [1.54, 1.807) is 6.07 Å². The van der Waals surface area contributed by atoms with E-state index < -0.39 is 5.91 Å². The smallest absolute Gasteiger partial charge is 0.249 e. The van der Waals surface area contributed by atoms with Crippen LogP contribution < -0.4 is 4.90 Å². The van der Waals surface area contributed by atoms with Crippen molar-refractivity contribution in [2.45, 2.75) is 77.2 Å². The summed E-state index contributed by atoms with van der Waals surface area (Å²) in [6, 6.07) is 12.8. The zero-order valence-corrected chi connectivity index (χ0v) is 24.9. The number of carbonyl (C=O) groups is 1. The van der Waals surface area contributed by atoms with Crippen molar-refractivity contribution < 1.29 is 4.79 Å². The largest absolute Gasteiger partial charge is 0.337 e. The highest BCUT2D eigenvalue weighted by atomic mass is 32.1. The van der Waals surface area contributed by atoms with Crippen molar-refractivity contribution in [3.8, 4) is 0 Å². The molecule has 1 aliphatic heterocycles. The number of aryl methyl sites for hydroxylation is 1. The van der Waals surface area contributed by atoms with Gasteiger partial charge in [-0.15, -0.1) is 0 Å². The second kappa shape index (κ2) is 12.0. The van der Waals surface area contributed by atoms with Gasteiger partial charge in [-0.3, -0.25) is 4.79 Å². The first-order valence-corrected chi connectivity index (χ1v) is 15.1. The van der Waals surface area contributed by atoms with Gasteiger partial charge in [-0.25, -0.2) is 0 Å². The lowest BCUT2D eigenvalue weighted by Crippen LogP contribution is -2.33. The van der Waals surface area contributed by atoms with Crippen LogP contribution in [-0.2, 0) is 0 Å². The number of benzene rings is 2. The van der Waals surface area contributed by atoms with E-state index in [1.165, 1.54) is 54.5 Å². The Morgan fingerprint density at radius 1 is 1.07 bits per heavy atom. The minimum absolute atomic E-state index is 0.155. The standard InChI is InChI=1S/C35H38N4OS/c1-5-23(3)29(6-2)35(19-8-7-9-20-35)33(41)18-14-25-13-16-32-28(22-25)27-11-10-12-31(27)39(32)30-17-15-26(21-24(30)4)34(40)37-38-36/h5-6,13-18,21-22,27,31H,1-2,7-12,19-20H2,3-4H3/b18-14+,29-23+. The highest BCUT2D eigenvalue weighted by molar-refractivity contribution is 7.80. The molecule has 2 saturated carbocycles. The maximum absolute atomic E-state index is 12.1. The van der Waals surface area contributed by atoms with E-state index in [1.807, 2.05) is 31.2 Å². The van der Waals surface area contributed by atoms with Crippen LogP contribution in [0.1, 0.15) is 91.3 Å². The SMILES string of the molecule is C=C/C(C)=C(\C=C)C1(C(=S)/C=C/c2ccc3c(c2)C2CCCC2N3c2ccc(C(=O)N=[N+]=[N-])cc2C)CCCCC1. The van der Waals surface area contributed by atoms with Gasteiger partial charge in [0.05, 0.1) is 0 Å². The van der Waals surface area contributed by atoms with Crippen LogP contribution in [0.4, 0.5) is 11.4 Å². The van der Waals surface area contributed by atoms with E-state index in [4.69, 9.17) is 17.7 Å². The van der Waals surface area contributed by atoms with E-state index in [9.17, 15) is 4.79 Å². The fourth-order valence-electron chi connectivity index (χ4n) is 7.43. The monoisotopic (exact) mass is 562 g/mol. The fourth-order valence-corrected chi connectivity index (χ4v) is 7.81. The zero-order chi connectivity index (χ0) is 29.1. The molecule has 2 aliphatic carbocycles. The summed E-state index contributed by atoms with van der Waals surface area (Å²) in [6.07, 6.45) is 17.5. The molecule has 2 unspecified atom stereocenters. The van der Waals surface area contributed by atoms with Gasteiger partial charge >= 0.3 is 0 Å². The van der Waals surface area contributed by atoms with Gasteiger partial charge in [-0.1, -0.05) is 75.4 Å². The first kappa shape index (κ1) is 28.8. The van der Waals surface area contributed by atoms with Crippen molar-refractivity contribution in [2.24, 2.45) is 10.5 Å². The summed E-state index contributed by atoms with van der Waals surface area (Å²) in [5.41, 5.74) is 17.2. The summed E-state index contributed by atoms with van der Waals surface area (Å²) in [5, 5.41) is 3.25. The predicted molar refractivity (Wildman–Crippen MR) is 174 cm³/mol. The Hall–Kier alpha value is -3.73. The van der Waals surface area contributed by atoms with Crippen molar-refractivity contribution in [3.05, 3.63) is 112 Å². The second-order valence-corrected chi connectivity index (χ2v) is 12.1. The van der Waals surface area contributed by atoms with Crippen LogP contribution in [0.25, 0.3) is 16.5 Å². The number of azide groups is 1. The molecule has 0 aromatic heterocycles. The third kappa shape index (κ3) is 5.23. The van der Waals surface area contributed by atoms with Crippen molar-refractivity contribution in [2.75, 3.05) is 4.90 Å². The Bertz CT molecular complexity index is 1520. The average molecular weight is 563 g/mol. The summed E-state index contributed by atoms with van der Waals surface area (Å²) in [4.78, 5) is 18.2. The van der Waals surface area contributed by atoms with Gasteiger partial charge in [0.15, 0.2) is 0 Å². The molecular formula is C35H38N4OS.